The molecule has 0 fully saturated rings. The molecule has 0 amide bonds. The smallest absolute Gasteiger partial charge is 0.118 e. The first kappa shape index (κ1) is 14.8. The number of aliphatic imine (C=N–C) groups is 1. The van der Waals surface area contributed by atoms with Crippen molar-refractivity contribution < 1.29 is 4.39 Å². The molecule has 1 aliphatic heterocycles. The highest BCUT2D eigenvalue weighted by Gasteiger charge is 2.10. The summed E-state index contributed by atoms with van der Waals surface area (Å²) in [6, 6.07) is 0. The lowest BCUT2D eigenvalue weighted by molar-refractivity contribution is 0.662. The average Bonchev–Trinajstić information content (AvgIpc) is 2.75. The first-order valence-electron chi connectivity index (χ1n) is 5.85. The van der Waals surface area contributed by atoms with Crippen LogP contribution in [0.1, 0.15) is 41.0 Å². The van der Waals surface area contributed by atoms with Crippen LogP contribution in [0.3, 0.4) is 0 Å². The molecule has 1 nitrogen and oxygen atoms in total. The van der Waals surface area contributed by atoms with Crippen LogP contribution in [0.2, 0.25) is 0 Å². The van der Waals surface area contributed by atoms with Crippen LogP contribution in [0.5, 0.6) is 0 Å². The molecule has 90 valence electrons. The highest BCUT2D eigenvalue weighted by Crippen LogP contribution is 2.21. The van der Waals surface area contributed by atoms with Gasteiger partial charge in [0.2, 0.25) is 0 Å². The van der Waals surface area contributed by atoms with Gasteiger partial charge >= 0.3 is 0 Å². The van der Waals surface area contributed by atoms with Crippen LogP contribution in [-0.2, 0) is 0 Å². The second kappa shape index (κ2) is 8.03. The summed E-state index contributed by atoms with van der Waals surface area (Å²) < 4.78 is 12.8. The van der Waals surface area contributed by atoms with E-state index in [1.165, 1.54) is 17.7 Å². The molecule has 0 aromatic heterocycles. The van der Waals surface area contributed by atoms with Crippen molar-refractivity contribution >= 4 is 5.71 Å². The van der Waals surface area contributed by atoms with Crippen LogP contribution in [0.4, 0.5) is 4.39 Å². The van der Waals surface area contributed by atoms with Gasteiger partial charge in [-0.2, -0.15) is 0 Å². The second-order valence-electron chi connectivity index (χ2n) is 3.57. The van der Waals surface area contributed by atoms with Crippen molar-refractivity contribution in [3.8, 4) is 0 Å². The van der Waals surface area contributed by atoms with Crippen molar-refractivity contribution in [2.75, 3.05) is 0 Å². The van der Waals surface area contributed by atoms with Crippen LogP contribution < -0.4 is 0 Å². The highest BCUT2D eigenvalue weighted by atomic mass is 19.1. The first-order valence-corrected chi connectivity index (χ1v) is 5.85. The Hall–Kier alpha value is -1.18. The second-order valence-corrected chi connectivity index (χ2v) is 3.57. The number of rotatable bonds is 3. The molecule has 0 saturated carbocycles. The van der Waals surface area contributed by atoms with Crippen LogP contribution in [0.15, 0.2) is 40.8 Å². The van der Waals surface area contributed by atoms with E-state index in [0.29, 0.717) is 0 Å². The van der Waals surface area contributed by atoms with E-state index in [1.807, 2.05) is 33.0 Å². The van der Waals surface area contributed by atoms with Gasteiger partial charge in [0.25, 0.3) is 0 Å². The molecule has 1 heterocycles. The highest BCUT2D eigenvalue weighted by molar-refractivity contribution is 5.87. The van der Waals surface area contributed by atoms with Gasteiger partial charge in [-0.1, -0.05) is 32.9 Å². The van der Waals surface area contributed by atoms with Crippen molar-refractivity contribution in [1.82, 2.24) is 0 Å². The molecule has 1 unspecified atom stereocenters. The third kappa shape index (κ3) is 5.06. The zero-order valence-corrected chi connectivity index (χ0v) is 10.9. The molecule has 0 aromatic rings. The minimum absolute atomic E-state index is 0.187. The zero-order chi connectivity index (χ0) is 12.6. The van der Waals surface area contributed by atoms with Gasteiger partial charge in [0, 0.05) is 18.3 Å². The van der Waals surface area contributed by atoms with E-state index in [9.17, 15) is 4.39 Å². The van der Waals surface area contributed by atoms with E-state index in [2.05, 4.69) is 11.9 Å². The van der Waals surface area contributed by atoms with Gasteiger partial charge in [-0.15, -0.1) is 0 Å². The molecule has 1 rings (SSSR count). The Bertz CT molecular complexity index is 322. The third-order valence-corrected chi connectivity index (χ3v) is 2.32. The Balaban J connectivity index is 0.00000106. The fourth-order valence-electron chi connectivity index (χ4n) is 1.31. The monoisotopic (exact) mass is 223 g/mol. The number of nitrogens with zero attached hydrogens (tertiary/aromatic N) is 1. The van der Waals surface area contributed by atoms with Crippen molar-refractivity contribution in [3.05, 3.63) is 35.8 Å². The molecule has 0 saturated heterocycles. The van der Waals surface area contributed by atoms with E-state index < -0.39 is 0 Å². The fourth-order valence-corrected chi connectivity index (χ4v) is 1.31. The lowest BCUT2D eigenvalue weighted by Gasteiger charge is -2.06. The van der Waals surface area contributed by atoms with Crippen molar-refractivity contribution in [3.63, 3.8) is 0 Å². The minimum atomic E-state index is -0.187. The molecular weight excluding hydrogens is 201 g/mol. The minimum Gasteiger partial charge on any atom is -0.266 e. The van der Waals surface area contributed by atoms with Crippen molar-refractivity contribution in [2.45, 2.75) is 41.0 Å². The number of allylic oxidation sites excluding steroid dienone is 5. The Morgan fingerprint density at radius 2 is 2.12 bits per heavy atom. The molecule has 0 bridgehead atoms. The largest absolute Gasteiger partial charge is 0.266 e. The molecular formula is C14H22FN. The first-order chi connectivity index (χ1) is 7.63. The molecule has 0 N–H and O–H groups in total. The van der Waals surface area contributed by atoms with Crippen LogP contribution in [0, 0.1) is 5.92 Å². The number of halogens is 1. The molecule has 0 radical (unpaired) electrons. The quantitative estimate of drug-likeness (QED) is 0.608. The Morgan fingerprint density at radius 3 is 2.56 bits per heavy atom. The maximum atomic E-state index is 12.8. The van der Waals surface area contributed by atoms with Gasteiger partial charge in [-0.25, -0.2) is 4.39 Å². The number of hydrogen-bond donors (Lipinski definition) is 0. The predicted molar refractivity (Wildman–Crippen MR) is 70.3 cm³/mol. The van der Waals surface area contributed by atoms with Crippen molar-refractivity contribution in [2.24, 2.45) is 10.9 Å². The Morgan fingerprint density at radius 1 is 1.50 bits per heavy atom. The summed E-state index contributed by atoms with van der Waals surface area (Å²) in [4.78, 5) is 4.20. The van der Waals surface area contributed by atoms with Gasteiger partial charge < -0.3 is 0 Å². The van der Waals surface area contributed by atoms with Gasteiger partial charge in [0.05, 0.1) is 0 Å². The van der Waals surface area contributed by atoms with Crippen LogP contribution >= 0.6 is 0 Å². The van der Waals surface area contributed by atoms with E-state index in [1.54, 1.807) is 6.92 Å². The summed E-state index contributed by atoms with van der Waals surface area (Å²) in [5, 5.41) is 0. The summed E-state index contributed by atoms with van der Waals surface area (Å²) in [6.45, 7) is 9.75. The maximum absolute atomic E-state index is 12.8. The zero-order valence-electron chi connectivity index (χ0n) is 10.9. The summed E-state index contributed by atoms with van der Waals surface area (Å²) in [7, 11) is 0. The summed E-state index contributed by atoms with van der Waals surface area (Å²) in [6.07, 6.45) is 7.64. The summed E-state index contributed by atoms with van der Waals surface area (Å²) >= 11 is 0. The van der Waals surface area contributed by atoms with Crippen molar-refractivity contribution in [1.29, 1.82) is 0 Å². The third-order valence-electron chi connectivity index (χ3n) is 2.32. The van der Waals surface area contributed by atoms with Gasteiger partial charge in [-0.3, -0.25) is 4.99 Å². The molecule has 0 spiro atoms. The molecule has 0 aliphatic carbocycles. The Labute approximate surface area is 98.5 Å². The standard InChI is InChI=1S/C12H16FN.C2H6/c1-4-12(13)6-5-9(2)11-7-10(3)14-8-11;1-2/h4-6,8-9H,7H2,1-3H3;1-2H3/b6-5-,12-4+;. The fraction of sp³-hybridized carbons (Fsp3) is 0.500. The van der Waals surface area contributed by atoms with Gasteiger partial charge in [0.15, 0.2) is 0 Å². The maximum Gasteiger partial charge on any atom is 0.118 e. The van der Waals surface area contributed by atoms with Crippen LogP contribution in [-0.4, -0.2) is 5.71 Å². The van der Waals surface area contributed by atoms with E-state index in [4.69, 9.17) is 0 Å². The van der Waals surface area contributed by atoms with E-state index >= 15 is 0 Å². The Kier molecular flexibility index (Phi) is 7.44. The predicted octanol–water partition coefficient (Wildman–Crippen LogP) is 4.83. The number of hydrogen-bond acceptors (Lipinski definition) is 1. The average molecular weight is 223 g/mol. The molecule has 0 aromatic carbocycles. The lowest BCUT2D eigenvalue weighted by Crippen LogP contribution is -1.96. The molecule has 2 heteroatoms. The topological polar surface area (TPSA) is 12.4 Å². The van der Waals surface area contributed by atoms with Gasteiger partial charge in [0.1, 0.15) is 5.83 Å². The molecule has 1 aliphatic rings. The van der Waals surface area contributed by atoms with Gasteiger partial charge in [-0.05, 0) is 31.4 Å². The lowest BCUT2D eigenvalue weighted by atomic mass is 9.98. The molecule has 16 heavy (non-hydrogen) atoms. The van der Waals surface area contributed by atoms with Crippen LogP contribution in [0.25, 0.3) is 0 Å². The van der Waals surface area contributed by atoms with E-state index in [-0.39, 0.29) is 11.7 Å². The normalized spacial score (nSPS) is 17.8. The van der Waals surface area contributed by atoms with E-state index in [0.717, 1.165) is 12.1 Å². The molecule has 1 atom stereocenters. The summed E-state index contributed by atoms with van der Waals surface area (Å²) in [5.74, 6) is 0.0787. The SMILES string of the molecule is C/C=C(F)\C=C/C(C)C1=CN=C(C)C1.CC. The summed E-state index contributed by atoms with van der Waals surface area (Å²) in [5.41, 5.74) is 2.38.